The summed E-state index contributed by atoms with van der Waals surface area (Å²) in [4.78, 5) is 3.47. The number of aromatic nitrogens is 1. The standard InChI is InChI=1S/C24H26N4O/c1-2-5-21-20(4-1)24-22(27-21)6-3-7-23(24)29-17-19-10-8-18(9-11-19)16-26-28-14-12-25-13-15-28/h1-11,25-27H,12-17H2. The molecule has 5 nitrogen and oxygen atoms in total. The van der Waals surface area contributed by atoms with Gasteiger partial charge in [0.2, 0.25) is 0 Å². The Bertz CT molecular complexity index is 1100. The molecule has 0 spiro atoms. The molecular formula is C24H26N4O. The fourth-order valence-electron chi connectivity index (χ4n) is 3.93. The van der Waals surface area contributed by atoms with Crippen LogP contribution in [0.5, 0.6) is 5.75 Å². The van der Waals surface area contributed by atoms with Crippen molar-refractivity contribution in [1.29, 1.82) is 0 Å². The first kappa shape index (κ1) is 18.2. The molecule has 5 heteroatoms. The highest BCUT2D eigenvalue weighted by atomic mass is 16.5. The Morgan fingerprint density at radius 3 is 2.45 bits per heavy atom. The van der Waals surface area contributed by atoms with E-state index in [9.17, 15) is 0 Å². The van der Waals surface area contributed by atoms with Gasteiger partial charge in [-0.05, 0) is 29.3 Å². The average molecular weight is 386 g/mol. The predicted molar refractivity (Wildman–Crippen MR) is 118 cm³/mol. The van der Waals surface area contributed by atoms with Crippen LogP contribution in [0.2, 0.25) is 0 Å². The Labute approximate surface area is 170 Å². The number of ether oxygens (including phenoxy) is 1. The first-order valence-corrected chi connectivity index (χ1v) is 10.3. The fraction of sp³-hybridized carbons (Fsp3) is 0.250. The van der Waals surface area contributed by atoms with Crippen LogP contribution in [0.1, 0.15) is 11.1 Å². The van der Waals surface area contributed by atoms with Gasteiger partial charge in [-0.2, -0.15) is 0 Å². The number of hydrazine groups is 1. The Morgan fingerprint density at radius 2 is 1.59 bits per heavy atom. The lowest BCUT2D eigenvalue weighted by molar-refractivity contribution is 0.161. The molecule has 0 atom stereocenters. The second kappa shape index (κ2) is 8.25. The number of hydrogen-bond acceptors (Lipinski definition) is 4. The molecule has 0 amide bonds. The van der Waals surface area contributed by atoms with E-state index in [0.717, 1.165) is 54.9 Å². The van der Waals surface area contributed by atoms with E-state index in [4.69, 9.17) is 4.74 Å². The Hall–Kier alpha value is -2.86. The number of hydrogen-bond donors (Lipinski definition) is 3. The first-order valence-electron chi connectivity index (χ1n) is 10.3. The van der Waals surface area contributed by atoms with E-state index in [1.165, 1.54) is 16.5 Å². The molecule has 2 heterocycles. The molecule has 0 bridgehead atoms. The number of rotatable bonds is 6. The molecule has 0 radical (unpaired) electrons. The molecule has 4 aromatic rings. The van der Waals surface area contributed by atoms with Crippen LogP contribution in [-0.4, -0.2) is 36.2 Å². The third kappa shape index (κ3) is 3.98. The van der Waals surface area contributed by atoms with Crippen molar-refractivity contribution in [3.63, 3.8) is 0 Å². The van der Waals surface area contributed by atoms with Gasteiger partial charge in [0.15, 0.2) is 0 Å². The maximum Gasteiger partial charge on any atom is 0.129 e. The van der Waals surface area contributed by atoms with Crippen LogP contribution >= 0.6 is 0 Å². The molecule has 0 aliphatic carbocycles. The molecule has 1 fully saturated rings. The van der Waals surface area contributed by atoms with Gasteiger partial charge in [-0.15, -0.1) is 0 Å². The van der Waals surface area contributed by atoms with Crippen LogP contribution < -0.4 is 15.5 Å². The van der Waals surface area contributed by atoms with E-state index in [2.05, 4.69) is 75.3 Å². The van der Waals surface area contributed by atoms with Gasteiger partial charge in [0, 0.05) is 49.0 Å². The van der Waals surface area contributed by atoms with E-state index >= 15 is 0 Å². The van der Waals surface area contributed by atoms with Gasteiger partial charge >= 0.3 is 0 Å². The lowest BCUT2D eigenvalue weighted by Gasteiger charge is -2.27. The van der Waals surface area contributed by atoms with E-state index in [0.29, 0.717) is 6.61 Å². The van der Waals surface area contributed by atoms with Gasteiger partial charge in [-0.3, -0.25) is 5.43 Å². The molecule has 1 saturated heterocycles. The van der Waals surface area contributed by atoms with Crippen LogP contribution in [0.25, 0.3) is 21.8 Å². The van der Waals surface area contributed by atoms with Crippen LogP contribution in [0.15, 0.2) is 66.7 Å². The predicted octanol–water partition coefficient (Wildman–Crippen LogP) is 3.81. The Morgan fingerprint density at radius 1 is 0.828 bits per heavy atom. The Balaban J connectivity index is 1.25. The van der Waals surface area contributed by atoms with Gasteiger partial charge in [0.05, 0.1) is 5.52 Å². The van der Waals surface area contributed by atoms with E-state index in [-0.39, 0.29) is 0 Å². The summed E-state index contributed by atoms with van der Waals surface area (Å²) in [6.45, 7) is 5.61. The zero-order valence-electron chi connectivity index (χ0n) is 16.4. The number of fused-ring (bicyclic) bond motifs is 3. The maximum absolute atomic E-state index is 6.22. The number of aromatic amines is 1. The minimum Gasteiger partial charge on any atom is -0.488 e. The van der Waals surface area contributed by atoms with Crippen molar-refractivity contribution >= 4 is 21.8 Å². The topological polar surface area (TPSA) is 52.3 Å². The zero-order valence-corrected chi connectivity index (χ0v) is 16.4. The number of nitrogens with one attached hydrogen (secondary N) is 3. The van der Waals surface area contributed by atoms with Gasteiger partial charge in [-0.1, -0.05) is 48.5 Å². The Kier molecular flexibility index (Phi) is 5.17. The average Bonchev–Trinajstić information content (AvgIpc) is 3.17. The molecule has 1 aliphatic rings. The van der Waals surface area contributed by atoms with Crippen LogP contribution in [0.3, 0.4) is 0 Å². The lowest BCUT2D eigenvalue weighted by Crippen LogP contribution is -2.49. The summed E-state index contributed by atoms with van der Waals surface area (Å²) in [6.07, 6.45) is 0. The van der Waals surface area contributed by atoms with Gasteiger partial charge in [-0.25, -0.2) is 5.01 Å². The van der Waals surface area contributed by atoms with E-state index in [1.807, 2.05) is 12.1 Å². The number of benzene rings is 3. The van der Waals surface area contributed by atoms with Crippen molar-refractivity contribution in [3.8, 4) is 5.75 Å². The fourth-order valence-corrected chi connectivity index (χ4v) is 3.93. The minimum atomic E-state index is 0.560. The van der Waals surface area contributed by atoms with E-state index in [1.54, 1.807) is 0 Å². The zero-order chi connectivity index (χ0) is 19.5. The summed E-state index contributed by atoms with van der Waals surface area (Å²) in [5.41, 5.74) is 8.21. The van der Waals surface area contributed by atoms with Gasteiger partial charge in [0.25, 0.3) is 0 Å². The molecule has 0 unspecified atom stereocenters. The number of piperazine rings is 1. The van der Waals surface area contributed by atoms with E-state index < -0.39 is 0 Å². The largest absolute Gasteiger partial charge is 0.488 e. The van der Waals surface area contributed by atoms with Crippen molar-refractivity contribution in [1.82, 2.24) is 20.7 Å². The smallest absolute Gasteiger partial charge is 0.129 e. The monoisotopic (exact) mass is 386 g/mol. The SMILES string of the molecule is c1ccc2c(c1)[nH]c1cccc(OCc3ccc(CNN4CCNCC4)cc3)c12. The summed E-state index contributed by atoms with van der Waals surface area (Å²) in [6, 6.07) is 23.2. The van der Waals surface area contributed by atoms with Crippen molar-refractivity contribution in [2.45, 2.75) is 13.2 Å². The summed E-state index contributed by atoms with van der Waals surface area (Å²) in [5, 5.41) is 8.01. The summed E-state index contributed by atoms with van der Waals surface area (Å²) >= 11 is 0. The van der Waals surface area contributed by atoms with Crippen LogP contribution in [0, 0.1) is 0 Å². The number of nitrogens with zero attached hydrogens (tertiary/aromatic N) is 1. The molecule has 5 rings (SSSR count). The number of H-pyrrole nitrogens is 1. The molecule has 0 saturated carbocycles. The van der Waals surface area contributed by atoms with Gasteiger partial charge < -0.3 is 15.0 Å². The third-order valence-electron chi connectivity index (χ3n) is 5.53. The van der Waals surface area contributed by atoms with Gasteiger partial charge in [0.1, 0.15) is 12.4 Å². The molecule has 1 aromatic heterocycles. The second-order valence-corrected chi connectivity index (χ2v) is 7.53. The van der Waals surface area contributed by atoms with Crippen molar-refractivity contribution in [3.05, 3.63) is 77.9 Å². The highest BCUT2D eigenvalue weighted by molar-refractivity contribution is 6.10. The highest BCUT2D eigenvalue weighted by Gasteiger charge is 2.10. The molecular weight excluding hydrogens is 360 g/mol. The first-order chi connectivity index (χ1) is 14.4. The normalized spacial score (nSPS) is 15.2. The molecule has 29 heavy (non-hydrogen) atoms. The quantitative estimate of drug-likeness (QED) is 0.472. The van der Waals surface area contributed by atoms with Crippen LogP contribution in [-0.2, 0) is 13.2 Å². The third-order valence-corrected chi connectivity index (χ3v) is 5.53. The number of para-hydroxylation sites is 1. The maximum atomic E-state index is 6.22. The molecule has 1 aliphatic heterocycles. The minimum absolute atomic E-state index is 0.560. The highest BCUT2D eigenvalue weighted by Crippen LogP contribution is 2.33. The molecule has 148 valence electrons. The second-order valence-electron chi connectivity index (χ2n) is 7.53. The molecule has 3 N–H and O–H groups in total. The summed E-state index contributed by atoms with van der Waals surface area (Å²) < 4.78 is 6.22. The van der Waals surface area contributed by atoms with Crippen molar-refractivity contribution < 1.29 is 4.74 Å². The van der Waals surface area contributed by atoms with Crippen LogP contribution in [0.4, 0.5) is 0 Å². The van der Waals surface area contributed by atoms with Crippen molar-refractivity contribution in [2.75, 3.05) is 26.2 Å². The molecule has 3 aromatic carbocycles. The van der Waals surface area contributed by atoms with Crippen molar-refractivity contribution in [2.24, 2.45) is 0 Å². The summed E-state index contributed by atoms with van der Waals surface area (Å²) in [7, 11) is 0. The summed E-state index contributed by atoms with van der Waals surface area (Å²) in [5.74, 6) is 0.921. The lowest BCUT2D eigenvalue weighted by atomic mass is 10.1.